The van der Waals surface area contributed by atoms with Crippen LogP contribution in [0.1, 0.15) is 47.9 Å². The molecule has 0 aliphatic carbocycles. The predicted octanol–water partition coefficient (Wildman–Crippen LogP) is 3.41. The highest BCUT2D eigenvalue weighted by Gasteiger charge is 2.26. The number of benzene rings is 2. The predicted molar refractivity (Wildman–Crippen MR) is 120 cm³/mol. The number of carboxylic acid groups (broad SMARTS) is 1. The molecule has 0 saturated carbocycles. The normalized spacial score (nSPS) is 12.7. The molecule has 2 aromatic carbocycles. The topological polar surface area (TPSA) is 75.2 Å². The van der Waals surface area contributed by atoms with Crippen molar-refractivity contribution in [1.29, 1.82) is 0 Å². The summed E-state index contributed by atoms with van der Waals surface area (Å²) < 4.78 is 9.57. The van der Waals surface area contributed by atoms with E-state index in [0.29, 0.717) is 5.56 Å². The van der Waals surface area contributed by atoms with Crippen molar-refractivity contribution in [1.82, 2.24) is 4.57 Å². The minimum atomic E-state index is -1.08. The van der Waals surface area contributed by atoms with Crippen LogP contribution in [0.25, 0.3) is 11.3 Å². The molecule has 0 spiro atoms. The summed E-state index contributed by atoms with van der Waals surface area (Å²) in [6.45, 7) is 2.78. The number of aromatic nitrogens is 2. The number of methoxy groups -OCH3 is 1. The van der Waals surface area contributed by atoms with E-state index in [4.69, 9.17) is 26.2 Å². The van der Waals surface area contributed by atoms with Gasteiger partial charge >= 0.3 is 5.97 Å². The summed E-state index contributed by atoms with van der Waals surface area (Å²) in [5, 5.41) is 9.65. The Morgan fingerprint density at radius 2 is 1.84 bits per heavy atom. The van der Waals surface area contributed by atoms with Crippen molar-refractivity contribution < 1.29 is 24.0 Å². The van der Waals surface area contributed by atoms with Crippen LogP contribution in [-0.2, 0) is 29.0 Å². The summed E-state index contributed by atoms with van der Waals surface area (Å²) >= 11 is 6.25. The summed E-state index contributed by atoms with van der Waals surface area (Å²) in [5.41, 5.74) is 4.10. The number of esters is 1. The van der Waals surface area contributed by atoms with Crippen molar-refractivity contribution in [2.75, 3.05) is 7.11 Å². The average molecular weight is 455 g/mol. The molecule has 0 atom stereocenters. The quantitative estimate of drug-likeness (QED) is 0.447. The third kappa shape index (κ3) is 5.98. The number of aliphatic carboxylic acids is 1. The zero-order valence-electron chi connectivity index (χ0n) is 18.3. The number of hydrogen-bond acceptors (Lipinski definition) is 4. The largest absolute Gasteiger partial charge is 0.550 e. The minimum Gasteiger partial charge on any atom is -0.550 e. The second kappa shape index (κ2) is 11.0. The zero-order valence-corrected chi connectivity index (χ0v) is 19.1. The van der Waals surface area contributed by atoms with Crippen LogP contribution in [0.3, 0.4) is 0 Å². The summed E-state index contributed by atoms with van der Waals surface area (Å²) in [5.74, 6) is -0.0373. The van der Waals surface area contributed by atoms with Gasteiger partial charge in [-0.15, -0.1) is 0 Å². The fourth-order valence-corrected chi connectivity index (χ4v) is 4.11. The summed E-state index contributed by atoms with van der Waals surface area (Å²) in [4.78, 5) is 20.5. The van der Waals surface area contributed by atoms with E-state index in [1.165, 1.54) is 37.9 Å². The fraction of sp³-hybridized carbons (Fsp3) is 0.320. The molecular weight excluding hydrogens is 428 g/mol. The molecule has 0 amide bonds. The van der Waals surface area contributed by atoms with Crippen LogP contribution in [-0.4, -0.2) is 23.6 Å². The van der Waals surface area contributed by atoms with Gasteiger partial charge in [0, 0.05) is 23.0 Å². The Balaban J connectivity index is 0.000000668. The molecule has 3 aromatic rings. The van der Waals surface area contributed by atoms with Crippen molar-refractivity contribution in [3.05, 3.63) is 76.7 Å². The molecule has 7 heteroatoms. The number of ether oxygens (including phenoxy) is 1. The number of carboxylic acids is 1. The Labute approximate surface area is 193 Å². The van der Waals surface area contributed by atoms with Crippen molar-refractivity contribution in [2.45, 2.75) is 45.7 Å². The van der Waals surface area contributed by atoms with Gasteiger partial charge in [0.05, 0.1) is 19.2 Å². The van der Waals surface area contributed by atoms with Gasteiger partial charge in [0.15, 0.2) is 5.69 Å². The number of carbonyl (C=O) groups excluding carboxylic acids is 2. The van der Waals surface area contributed by atoms with Gasteiger partial charge in [0.2, 0.25) is 0 Å². The van der Waals surface area contributed by atoms with E-state index in [1.807, 2.05) is 42.5 Å². The first-order chi connectivity index (χ1) is 15.4. The van der Waals surface area contributed by atoms with Crippen molar-refractivity contribution in [3.63, 3.8) is 0 Å². The van der Waals surface area contributed by atoms with Crippen molar-refractivity contribution >= 4 is 23.5 Å². The molecule has 168 valence electrons. The molecular formula is C25H27ClN2O4. The molecule has 0 N–H and O–H groups in total. The van der Waals surface area contributed by atoms with Crippen LogP contribution >= 0.6 is 11.6 Å². The van der Waals surface area contributed by atoms with Crippen LogP contribution in [0.2, 0.25) is 5.02 Å². The maximum absolute atomic E-state index is 11.7. The van der Waals surface area contributed by atoms with Crippen LogP contribution in [0, 0.1) is 0 Å². The first-order valence-corrected chi connectivity index (χ1v) is 11.0. The van der Waals surface area contributed by atoms with Gasteiger partial charge in [0.25, 0.3) is 5.82 Å². The molecule has 0 unspecified atom stereocenters. The third-order valence-electron chi connectivity index (χ3n) is 5.34. The molecule has 1 aliphatic rings. The summed E-state index contributed by atoms with van der Waals surface area (Å²) in [6, 6.07) is 15.7. The van der Waals surface area contributed by atoms with Crippen LogP contribution in [0.5, 0.6) is 0 Å². The SMILES string of the molecule is CC(=O)[O-].COC(=O)c1ccc(C[n+]2cc(-c3cccc(Cl)c3)n3c2CCCCC3)cc1. The van der Waals surface area contributed by atoms with Crippen molar-refractivity contribution in [2.24, 2.45) is 0 Å². The highest BCUT2D eigenvalue weighted by molar-refractivity contribution is 6.30. The highest BCUT2D eigenvalue weighted by atomic mass is 35.5. The number of halogens is 1. The molecule has 2 heterocycles. The monoisotopic (exact) mass is 454 g/mol. The molecule has 1 aromatic heterocycles. The lowest BCUT2D eigenvalue weighted by molar-refractivity contribution is -0.695. The Bertz CT molecular complexity index is 1090. The number of carbonyl (C=O) groups is 2. The standard InChI is InChI=1S/C23H24ClN2O2.C2H4O2/c1-28-23(27)18-11-9-17(10-12-18)15-25-16-21(19-6-5-7-20(24)14-19)26-13-4-2-3-8-22(25)26;1-2(3)4/h5-7,9-12,14,16H,2-4,8,13,15H2,1H3;1H3,(H,3,4)/q+1;/p-1. The first kappa shape index (κ1) is 23.5. The number of imidazole rings is 1. The van der Waals surface area contributed by atoms with E-state index in [1.54, 1.807) is 0 Å². The van der Waals surface area contributed by atoms with Gasteiger partial charge in [-0.3, -0.25) is 0 Å². The Hall–Kier alpha value is -3.12. The Morgan fingerprint density at radius 1 is 1.12 bits per heavy atom. The maximum Gasteiger partial charge on any atom is 0.337 e. The van der Waals surface area contributed by atoms with Gasteiger partial charge in [-0.1, -0.05) is 35.9 Å². The molecule has 4 rings (SSSR count). The van der Waals surface area contributed by atoms with Gasteiger partial charge in [-0.2, -0.15) is 0 Å². The lowest BCUT2D eigenvalue weighted by Gasteiger charge is -2.04. The molecule has 32 heavy (non-hydrogen) atoms. The van der Waals surface area contributed by atoms with Crippen LogP contribution in [0.4, 0.5) is 0 Å². The van der Waals surface area contributed by atoms with Crippen molar-refractivity contribution in [3.8, 4) is 11.3 Å². The molecule has 0 fully saturated rings. The Kier molecular flexibility index (Phi) is 8.06. The second-order valence-electron chi connectivity index (χ2n) is 7.71. The summed E-state index contributed by atoms with van der Waals surface area (Å²) in [6.07, 6.45) is 6.97. The number of nitrogens with zero attached hydrogens (tertiary/aromatic N) is 2. The number of fused-ring (bicyclic) bond motifs is 1. The van der Waals surface area contributed by atoms with E-state index >= 15 is 0 Å². The van der Waals surface area contributed by atoms with E-state index in [0.717, 1.165) is 42.6 Å². The number of hydrogen-bond donors (Lipinski definition) is 0. The first-order valence-electron chi connectivity index (χ1n) is 10.6. The smallest absolute Gasteiger partial charge is 0.337 e. The Morgan fingerprint density at radius 3 is 2.50 bits per heavy atom. The van der Waals surface area contributed by atoms with E-state index in [2.05, 4.69) is 21.4 Å². The second-order valence-corrected chi connectivity index (χ2v) is 8.15. The van der Waals surface area contributed by atoms with Gasteiger partial charge < -0.3 is 14.6 Å². The van der Waals surface area contributed by atoms with Crippen LogP contribution < -0.4 is 9.67 Å². The molecule has 0 bridgehead atoms. The molecule has 6 nitrogen and oxygen atoms in total. The molecule has 0 radical (unpaired) electrons. The summed E-state index contributed by atoms with van der Waals surface area (Å²) in [7, 11) is 1.40. The fourth-order valence-electron chi connectivity index (χ4n) is 3.92. The lowest BCUT2D eigenvalue weighted by Crippen LogP contribution is -2.37. The van der Waals surface area contributed by atoms with E-state index in [9.17, 15) is 4.79 Å². The molecule has 0 saturated heterocycles. The minimum absolute atomic E-state index is 0.305. The average Bonchev–Trinajstić information content (AvgIpc) is 2.94. The van der Waals surface area contributed by atoms with E-state index in [-0.39, 0.29) is 5.97 Å². The van der Waals surface area contributed by atoms with Crippen LogP contribution in [0.15, 0.2) is 54.7 Å². The maximum atomic E-state index is 11.7. The highest BCUT2D eigenvalue weighted by Crippen LogP contribution is 2.26. The molecule has 1 aliphatic heterocycles. The van der Waals surface area contributed by atoms with Gasteiger partial charge in [-0.05, 0) is 56.0 Å². The van der Waals surface area contributed by atoms with E-state index < -0.39 is 5.97 Å². The zero-order chi connectivity index (χ0) is 23.1. The number of rotatable bonds is 4. The van der Waals surface area contributed by atoms with Gasteiger partial charge in [-0.25, -0.2) is 13.9 Å². The third-order valence-corrected chi connectivity index (χ3v) is 5.58. The van der Waals surface area contributed by atoms with Gasteiger partial charge in [0.1, 0.15) is 12.7 Å². The lowest BCUT2D eigenvalue weighted by atomic mass is 10.1.